The van der Waals surface area contributed by atoms with Gasteiger partial charge in [-0.15, -0.1) is 22.7 Å². The van der Waals surface area contributed by atoms with Crippen LogP contribution in [0, 0.1) is 19.3 Å². The number of likely N-dealkylation sites (tertiary alicyclic amines) is 2. The van der Waals surface area contributed by atoms with Crippen molar-refractivity contribution in [3.05, 3.63) is 32.2 Å². The Hall–Kier alpha value is -1.31. The Morgan fingerprint density at radius 3 is 2.83 bits per heavy atom. The Labute approximate surface area is 150 Å². The summed E-state index contributed by atoms with van der Waals surface area (Å²) in [5, 5.41) is 1.13. The van der Waals surface area contributed by atoms with Gasteiger partial charge in [-0.2, -0.15) is 0 Å². The van der Waals surface area contributed by atoms with Crippen LogP contribution < -0.4 is 0 Å². The van der Waals surface area contributed by atoms with E-state index in [1.807, 2.05) is 16.6 Å². The van der Waals surface area contributed by atoms with Crippen molar-refractivity contribution in [2.75, 3.05) is 19.6 Å². The van der Waals surface area contributed by atoms with Gasteiger partial charge in [0, 0.05) is 35.6 Å². The summed E-state index contributed by atoms with van der Waals surface area (Å²) < 4.78 is 0. The van der Waals surface area contributed by atoms with E-state index in [0.29, 0.717) is 5.91 Å². The van der Waals surface area contributed by atoms with Crippen molar-refractivity contribution in [1.29, 1.82) is 0 Å². The predicted octanol–water partition coefficient (Wildman–Crippen LogP) is 2.84. The molecule has 1 atom stereocenters. The molecule has 2 aliphatic heterocycles. The van der Waals surface area contributed by atoms with Gasteiger partial charge in [0.2, 0.25) is 5.91 Å². The number of hydrogen-bond donors (Lipinski definition) is 0. The number of piperidine rings is 1. The lowest BCUT2D eigenvalue weighted by atomic mass is 9.72. The maximum Gasteiger partial charge on any atom is 0.232 e. The molecule has 1 amide bonds. The summed E-state index contributed by atoms with van der Waals surface area (Å²) in [5.74, 6) is 0.331. The predicted molar refractivity (Wildman–Crippen MR) is 96.1 cm³/mol. The minimum Gasteiger partial charge on any atom is -0.336 e. The zero-order chi connectivity index (χ0) is 16.7. The molecule has 24 heavy (non-hydrogen) atoms. The molecule has 4 rings (SSSR count). The minimum absolute atomic E-state index is 0.142. The monoisotopic (exact) mass is 362 g/mol. The normalized spacial score (nSPS) is 24.6. The first-order valence-corrected chi connectivity index (χ1v) is 10.1. The Morgan fingerprint density at radius 2 is 2.17 bits per heavy atom. The molecular weight excluding hydrogens is 340 g/mol. The molecule has 0 saturated carbocycles. The van der Waals surface area contributed by atoms with Crippen LogP contribution in [0.1, 0.15) is 33.3 Å². The van der Waals surface area contributed by atoms with Gasteiger partial charge in [-0.25, -0.2) is 4.98 Å². The molecule has 5 nitrogen and oxygen atoms in total. The third-order valence-electron chi connectivity index (χ3n) is 5.09. The van der Waals surface area contributed by atoms with E-state index in [9.17, 15) is 4.79 Å². The molecular formula is C17H22N4OS2. The number of hydrogen-bond acceptors (Lipinski definition) is 6. The van der Waals surface area contributed by atoms with Gasteiger partial charge in [0.25, 0.3) is 0 Å². The number of thiazole rings is 2. The van der Waals surface area contributed by atoms with E-state index in [0.717, 1.165) is 56.3 Å². The largest absolute Gasteiger partial charge is 0.336 e. The van der Waals surface area contributed by atoms with Crippen molar-refractivity contribution in [3.8, 4) is 0 Å². The van der Waals surface area contributed by atoms with Crippen LogP contribution in [-0.2, 0) is 17.9 Å². The lowest BCUT2D eigenvalue weighted by Crippen LogP contribution is -2.66. The average Bonchev–Trinajstić information content (AvgIpc) is 3.17. The maximum atomic E-state index is 12.8. The van der Waals surface area contributed by atoms with Gasteiger partial charge in [-0.3, -0.25) is 14.7 Å². The highest BCUT2D eigenvalue weighted by Gasteiger charge is 2.53. The Kier molecular flexibility index (Phi) is 4.18. The van der Waals surface area contributed by atoms with Crippen molar-refractivity contribution < 1.29 is 4.79 Å². The zero-order valence-electron chi connectivity index (χ0n) is 14.1. The number of nitrogens with zero attached hydrogens (tertiary/aromatic N) is 4. The molecule has 128 valence electrons. The molecule has 7 heteroatoms. The van der Waals surface area contributed by atoms with E-state index in [1.165, 1.54) is 9.75 Å². The topological polar surface area (TPSA) is 49.3 Å². The van der Waals surface area contributed by atoms with Gasteiger partial charge < -0.3 is 4.90 Å². The van der Waals surface area contributed by atoms with Crippen LogP contribution in [0.25, 0.3) is 0 Å². The van der Waals surface area contributed by atoms with Gasteiger partial charge in [0.15, 0.2) is 0 Å². The molecule has 0 aliphatic carbocycles. The second-order valence-electron chi connectivity index (χ2n) is 6.96. The quantitative estimate of drug-likeness (QED) is 0.785. The third-order valence-corrected chi connectivity index (χ3v) is 6.91. The molecule has 2 aromatic heterocycles. The number of rotatable bonds is 4. The summed E-state index contributed by atoms with van der Waals surface area (Å²) in [6.07, 6.45) is 4.00. The standard InChI is InChI=1S/C17H22N4OS2/c1-12-15(24-13(2)19-12)8-20-5-3-4-17(9-20)10-21(16(17)22)7-14-6-18-11-23-14/h6,11H,3-5,7-10H2,1-2H3/t17-/m1/s1. The first-order chi connectivity index (χ1) is 11.6. The number of carbonyl (C=O) groups is 1. The van der Waals surface area contributed by atoms with Gasteiger partial charge in [0.1, 0.15) is 0 Å². The molecule has 0 unspecified atom stereocenters. The molecule has 2 fully saturated rings. The van der Waals surface area contributed by atoms with Gasteiger partial charge in [0.05, 0.1) is 28.2 Å². The van der Waals surface area contributed by atoms with Gasteiger partial charge >= 0.3 is 0 Å². The second kappa shape index (κ2) is 6.20. The fraction of sp³-hybridized carbons (Fsp3) is 0.588. The lowest BCUT2D eigenvalue weighted by molar-refractivity contribution is -0.167. The summed E-state index contributed by atoms with van der Waals surface area (Å²) in [5.41, 5.74) is 2.83. The number of carbonyl (C=O) groups excluding carboxylic acids is 1. The molecule has 0 N–H and O–H groups in total. The highest BCUT2D eigenvalue weighted by atomic mass is 32.1. The van der Waals surface area contributed by atoms with Crippen LogP contribution in [0.2, 0.25) is 0 Å². The number of aryl methyl sites for hydroxylation is 2. The molecule has 2 aliphatic rings. The van der Waals surface area contributed by atoms with Crippen molar-refractivity contribution in [1.82, 2.24) is 19.8 Å². The smallest absolute Gasteiger partial charge is 0.232 e. The fourth-order valence-corrected chi connectivity index (χ4v) is 5.56. The Bertz CT molecular complexity index is 742. The molecule has 0 radical (unpaired) electrons. The van der Waals surface area contributed by atoms with E-state index < -0.39 is 0 Å². The van der Waals surface area contributed by atoms with Crippen LogP contribution in [0.3, 0.4) is 0 Å². The van der Waals surface area contributed by atoms with Crippen LogP contribution >= 0.6 is 22.7 Å². The summed E-state index contributed by atoms with van der Waals surface area (Å²) in [6.45, 7) is 8.66. The number of amides is 1. The SMILES string of the molecule is Cc1nc(C)c(CN2CCC[C@@]3(C2)CN(Cc2cncs2)C3=O)s1. The van der Waals surface area contributed by atoms with E-state index >= 15 is 0 Å². The molecule has 2 saturated heterocycles. The van der Waals surface area contributed by atoms with E-state index in [2.05, 4.69) is 28.7 Å². The summed E-state index contributed by atoms with van der Waals surface area (Å²) in [7, 11) is 0. The minimum atomic E-state index is -0.142. The maximum absolute atomic E-state index is 12.8. The number of aromatic nitrogens is 2. The molecule has 0 bridgehead atoms. The molecule has 0 aromatic carbocycles. The summed E-state index contributed by atoms with van der Waals surface area (Å²) in [6, 6.07) is 0. The van der Waals surface area contributed by atoms with Crippen molar-refractivity contribution in [2.24, 2.45) is 5.41 Å². The van der Waals surface area contributed by atoms with E-state index in [4.69, 9.17) is 0 Å². The van der Waals surface area contributed by atoms with Gasteiger partial charge in [-0.1, -0.05) is 0 Å². The van der Waals surface area contributed by atoms with Crippen LogP contribution in [0.4, 0.5) is 0 Å². The highest BCUT2D eigenvalue weighted by molar-refractivity contribution is 7.11. The summed E-state index contributed by atoms with van der Waals surface area (Å²) >= 11 is 3.41. The van der Waals surface area contributed by atoms with E-state index in [-0.39, 0.29) is 5.41 Å². The second-order valence-corrected chi connectivity index (χ2v) is 9.22. The lowest BCUT2D eigenvalue weighted by Gasteiger charge is -2.53. The Balaban J connectivity index is 1.40. The Morgan fingerprint density at radius 1 is 1.29 bits per heavy atom. The van der Waals surface area contributed by atoms with E-state index in [1.54, 1.807) is 22.7 Å². The average molecular weight is 363 g/mol. The fourth-order valence-electron chi connectivity index (χ4n) is 3.97. The molecule has 2 aromatic rings. The number of β-lactam (4-membered cyclic amide) rings is 1. The van der Waals surface area contributed by atoms with Crippen LogP contribution in [-0.4, -0.2) is 45.3 Å². The third kappa shape index (κ3) is 2.89. The molecule has 4 heterocycles. The van der Waals surface area contributed by atoms with Crippen LogP contribution in [0.5, 0.6) is 0 Å². The van der Waals surface area contributed by atoms with Crippen molar-refractivity contribution in [3.63, 3.8) is 0 Å². The molecule has 1 spiro atoms. The van der Waals surface area contributed by atoms with Crippen molar-refractivity contribution in [2.45, 2.75) is 39.8 Å². The van der Waals surface area contributed by atoms with Crippen molar-refractivity contribution >= 4 is 28.6 Å². The summed E-state index contributed by atoms with van der Waals surface area (Å²) in [4.78, 5) is 28.4. The zero-order valence-corrected chi connectivity index (χ0v) is 15.8. The van der Waals surface area contributed by atoms with Gasteiger partial charge in [-0.05, 0) is 33.2 Å². The van der Waals surface area contributed by atoms with Crippen LogP contribution in [0.15, 0.2) is 11.7 Å². The highest BCUT2D eigenvalue weighted by Crippen LogP contribution is 2.41. The first kappa shape index (κ1) is 16.2. The first-order valence-electron chi connectivity index (χ1n) is 8.38.